The molecule has 0 bridgehead atoms. The number of aromatic nitrogens is 2. The second kappa shape index (κ2) is 7.87. The average molecular weight is 390 g/mol. The van der Waals surface area contributed by atoms with E-state index < -0.39 is 11.5 Å². The molecule has 1 aliphatic heterocycles. The number of likely N-dealkylation sites (tertiary alicyclic amines) is 1. The van der Waals surface area contributed by atoms with E-state index in [4.69, 9.17) is 0 Å². The third kappa shape index (κ3) is 3.89. The number of nitrogens with one attached hydrogen (secondary N) is 2. The minimum Gasteiger partial charge on any atom is -0.351 e. The molecule has 0 unspecified atom stereocenters. The van der Waals surface area contributed by atoms with Crippen molar-refractivity contribution >= 4 is 22.8 Å². The van der Waals surface area contributed by atoms with Crippen LogP contribution in [0.5, 0.6) is 0 Å². The van der Waals surface area contributed by atoms with Crippen LogP contribution in [0.25, 0.3) is 11.0 Å². The lowest BCUT2D eigenvalue weighted by Crippen LogP contribution is -2.53. The maximum atomic E-state index is 13.1. The first-order valence-corrected chi connectivity index (χ1v) is 9.63. The summed E-state index contributed by atoms with van der Waals surface area (Å²) in [4.78, 5) is 45.9. The monoisotopic (exact) mass is 390 g/mol. The van der Waals surface area contributed by atoms with Crippen molar-refractivity contribution in [2.45, 2.75) is 25.3 Å². The first-order valence-electron chi connectivity index (χ1n) is 9.63. The van der Waals surface area contributed by atoms with Gasteiger partial charge in [0.2, 0.25) is 5.91 Å². The number of amides is 2. The Kier molecular flexibility index (Phi) is 5.12. The number of aromatic amines is 1. The predicted molar refractivity (Wildman–Crippen MR) is 110 cm³/mol. The maximum Gasteiger partial charge on any atom is 0.280 e. The van der Waals surface area contributed by atoms with E-state index in [-0.39, 0.29) is 23.6 Å². The summed E-state index contributed by atoms with van der Waals surface area (Å²) in [7, 11) is 0. The van der Waals surface area contributed by atoms with E-state index in [1.54, 1.807) is 29.2 Å². The number of hydrogen-bond acceptors (Lipinski definition) is 4. The molecule has 0 radical (unpaired) electrons. The van der Waals surface area contributed by atoms with Gasteiger partial charge in [-0.2, -0.15) is 0 Å². The fraction of sp³-hybridized carbons (Fsp3) is 0.273. The van der Waals surface area contributed by atoms with Crippen LogP contribution in [0.4, 0.5) is 0 Å². The summed E-state index contributed by atoms with van der Waals surface area (Å²) in [6, 6.07) is 16.8. The highest BCUT2D eigenvalue weighted by Gasteiger charge is 2.34. The summed E-state index contributed by atoms with van der Waals surface area (Å²) >= 11 is 0. The van der Waals surface area contributed by atoms with Gasteiger partial charge in [0.05, 0.1) is 17.1 Å². The molecule has 1 fully saturated rings. The molecule has 2 aromatic carbocycles. The molecule has 148 valence electrons. The van der Waals surface area contributed by atoms with E-state index in [1.807, 2.05) is 30.3 Å². The van der Waals surface area contributed by atoms with Crippen LogP contribution >= 0.6 is 0 Å². The van der Waals surface area contributed by atoms with Gasteiger partial charge in [0.1, 0.15) is 0 Å². The van der Waals surface area contributed by atoms with E-state index in [0.29, 0.717) is 30.5 Å². The minimum atomic E-state index is -0.505. The second-order valence-corrected chi connectivity index (χ2v) is 7.30. The molecule has 7 nitrogen and oxygen atoms in total. The van der Waals surface area contributed by atoms with Crippen molar-refractivity contribution < 1.29 is 9.59 Å². The maximum absolute atomic E-state index is 13.1. The normalized spacial score (nSPS) is 19.1. The van der Waals surface area contributed by atoms with Crippen molar-refractivity contribution in [2.75, 3.05) is 13.1 Å². The molecule has 1 aliphatic rings. The molecule has 1 saturated heterocycles. The number of H-pyrrole nitrogens is 1. The average Bonchev–Trinajstić information content (AvgIpc) is 2.73. The first-order chi connectivity index (χ1) is 14.0. The predicted octanol–water partition coefficient (Wildman–Crippen LogP) is 2.06. The van der Waals surface area contributed by atoms with Crippen LogP contribution in [-0.4, -0.2) is 45.8 Å². The third-order valence-electron chi connectivity index (χ3n) is 5.32. The molecular weight excluding hydrogens is 368 g/mol. The Bertz CT molecular complexity index is 1110. The standard InChI is InChI=1S/C22H22N4O3/c1-14(27)23-19-13-26(12-11-16(19)15-7-3-2-4-8-15)22(29)20-21(28)25-18-10-6-5-9-17(18)24-20/h2-10,16,19H,11-13H2,1H3,(H,23,27)(H,25,28)/t16-,19-/m0/s1. The van der Waals surface area contributed by atoms with E-state index in [2.05, 4.69) is 15.3 Å². The highest BCUT2D eigenvalue weighted by atomic mass is 16.2. The molecule has 29 heavy (non-hydrogen) atoms. The molecule has 2 amide bonds. The number of hydrogen-bond donors (Lipinski definition) is 2. The third-order valence-corrected chi connectivity index (χ3v) is 5.32. The van der Waals surface area contributed by atoms with Crippen LogP contribution in [0.2, 0.25) is 0 Å². The molecule has 3 aromatic rings. The number of carbonyl (C=O) groups excluding carboxylic acids is 2. The van der Waals surface area contributed by atoms with Gasteiger partial charge in [-0.05, 0) is 24.1 Å². The summed E-state index contributed by atoms with van der Waals surface area (Å²) < 4.78 is 0. The molecule has 0 saturated carbocycles. The van der Waals surface area contributed by atoms with Crippen LogP contribution < -0.4 is 10.9 Å². The zero-order chi connectivity index (χ0) is 20.4. The lowest BCUT2D eigenvalue weighted by Gasteiger charge is -2.39. The topological polar surface area (TPSA) is 95.2 Å². The van der Waals surface area contributed by atoms with Crippen molar-refractivity contribution in [3.05, 3.63) is 76.2 Å². The van der Waals surface area contributed by atoms with Gasteiger partial charge in [-0.3, -0.25) is 14.4 Å². The van der Waals surface area contributed by atoms with Gasteiger partial charge in [0.15, 0.2) is 5.69 Å². The zero-order valence-corrected chi connectivity index (χ0v) is 16.1. The number of fused-ring (bicyclic) bond motifs is 1. The lowest BCUT2D eigenvalue weighted by molar-refractivity contribution is -0.120. The molecule has 7 heteroatoms. The summed E-state index contributed by atoms with van der Waals surface area (Å²) in [5.41, 5.74) is 1.65. The molecule has 0 spiro atoms. The van der Waals surface area contributed by atoms with E-state index in [0.717, 1.165) is 5.56 Å². The number of piperidine rings is 1. The second-order valence-electron chi connectivity index (χ2n) is 7.30. The Balaban J connectivity index is 1.61. The van der Waals surface area contributed by atoms with Gasteiger partial charge in [0, 0.05) is 25.9 Å². The van der Waals surface area contributed by atoms with Crippen LogP contribution in [-0.2, 0) is 4.79 Å². The van der Waals surface area contributed by atoms with Gasteiger partial charge in [-0.1, -0.05) is 42.5 Å². The Labute approximate surface area is 167 Å². The van der Waals surface area contributed by atoms with Crippen LogP contribution in [0.15, 0.2) is 59.4 Å². The molecule has 1 aromatic heterocycles. The van der Waals surface area contributed by atoms with E-state index >= 15 is 0 Å². The van der Waals surface area contributed by atoms with Crippen molar-refractivity contribution in [3.63, 3.8) is 0 Å². The smallest absolute Gasteiger partial charge is 0.280 e. The minimum absolute atomic E-state index is 0.104. The summed E-state index contributed by atoms with van der Waals surface area (Å²) in [6.45, 7) is 2.28. The largest absolute Gasteiger partial charge is 0.351 e. The van der Waals surface area contributed by atoms with Crippen molar-refractivity contribution in [1.82, 2.24) is 20.2 Å². The molecule has 2 N–H and O–H groups in total. The van der Waals surface area contributed by atoms with Crippen LogP contribution in [0.1, 0.15) is 35.3 Å². The van der Waals surface area contributed by atoms with Gasteiger partial charge in [-0.25, -0.2) is 4.98 Å². The molecule has 4 rings (SSSR count). The van der Waals surface area contributed by atoms with Crippen LogP contribution in [0, 0.1) is 0 Å². The Hall–Kier alpha value is -3.48. The van der Waals surface area contributed by atoms with Crippen molar-refractivity contribution in [2.24, 2.45) is 0 Å². The van der Waals surface area contributed by atoms with Gasteiger partial charge in [-0.15, -0.1) is 0 Å². The van der Waals surface area contributed by atoms with Crippen molar-refractivity contribution in [1.29, 1.82) is 0 Å². The highest BCUT2D eigenvalue weighted by molar-refractivity contribution is 5.94. The van der Waals surface area contributed by atoms with E-state index in [1.165, 1.54) is 6.92 Å². The number of benzene rings is 2. The number of nitrogens with zero attached hydrogens (tertiary/aromatic N) is 2. The number of carbonyl (C=O) groups is 2. The molecular formula is C22H22N4O3. The lowest BCUT2D eigenvalue weighted by atomic mass is 9.85. The molecule has 2 atom stereocenters. The Morgan fingerprint density at radius 2 is 1.83 bits per heavy atom. The van der Waals surface area contributed by atoms with Gasteiger partial charge in [0.25, 0.3) is 11.5 Å². The van der Waals surface area contributed by atoms with E-state index in [9.17, 15) is 14.4 Å². The summed E-state index contributed by atoms with van der Waals surface area (Å²) in [5, 5.41) is 2.97. The summed E-state index contributed by atoms with van der Waals surface area (Å²) in [5.74, 6) is -0.460. The van der Waals surface area contributed by atoms with Crippen molar-refractivity contribution in [3.8, 4) is 0 Å². The number of rotatable bonds is 3. The van der Waals surface area contributed by atoms with Gasteiger partial charge < -0.3 is 15.2 Å². The summed E-state index contributed by atoms with van der Waals surface area (Å²) in [6.07, 6.45) is 0.687. The number of para-hydroxylation sites is 2. The fourth-order valence-electron chi connectivity index (χ4n) is 3.97. The van der Waals surface area contributed by atoms with Crippen LogP contribution in [0.3, 0.4) is 0 Å². The quantitative estimate of drug-likeness (QED) is 0.716. The highest BCUT2D eigenvalue weighted by Crippen LogP contribution is 2.29. The Morgan fingerprint density at radius 1 is 1.10 bits per heavy atom. The first kappa shape index (κ1) is 18.9. The fourth-order valence-corrected chi connectivity index (χ4v) is 3.97. The zero-order valence-electron chi connectivity index (χ0n) is 16.1. The van der Waals surface area contributed by atoms with Gasteiger partial charge >= 0.3 is 0 Å². The molecule has 2 heterocycles. The SMILES string of the molecule is CC(=O)N[C@H]1CN(C(=O)c2nc3ccccc3[nH]c2=O)CC[C@H]1c1ccccc1. The molecule has 0 aliphatic carbocycles. The Morgan fingerprint density at radius 3 is 2.59 bits per heavy atom.